The fraction of sp³-hybridized carbons (Fsp3) is 0.190. The number of hydrogen-bond donors (Lipinski definition) is 2. The Labute approximate surface area is 179 Å². The number of benzene rings is 1. The molecule has 3 rings (SSSR count). The number of rotatable bonds is 10. The van der Waals surface area contributed by atoms with Crippen molar-refractivity contribution in [3.05, 3.63) is 78.4 Å². The Morgan fingerprint density at radius 2 is 1.97 bits per heavy atom. The molecular formula is C21H23N7OS. The van der Waals surface area contributed by atoms with E-state index in [1.54, 1.807) is 36.8 Å². The number of nitrogens with one attached hydrogen (secondary N) is 2. The molecule has 0 radical (unpaired) electrons. The topological polar surface area (TPSA) is 97.1 Å². The number of amides is 1. The lowest BCUT2D eigenvalue weighted by molar-refractivity contribution is -0.118. The number of nitrogens with zero attached hydrogens (tertiary/aromatic N) is 5. The zero-order chi connectivity index (χ0) is 21.2. The molecule has 0 atom stereocenters. The molecule has 0 bridgehead atoms. The van der Waals surface area contributed by atoms with Gasteiger partial charge in [-0.15, -0.1) is 16.8 Å². The van der Waals surface area contributed by atoms with Gasteiger partial charge in [-0.05, 0) is 36.8 Å². The molecule has 0 unspecified atom stereocenters. The van der Waals surface area contributed by atoms with Gasteiger partial charge in [0.1, 0.15) is 0 Å². The van der Waals surface area contributed by atoms with Crippen molar-refractivity contribution in [3.63, 3.8) is 0 Å². The van der Waals surface area contributed by atoms with E-state index in [1.165, 1.54) is 17.3 Å². The van der Waals surface area contributed by atoms with Gasteiger partial charge in [-0.25, -0.2) is 5.43 Å². The summed E-state index contributed by atoms with van der Waals surface area (Å²) in [5, 5.41) is 16.4. The number of aromatic nitrogens is 4. The number of pyridine rings is 1. The number of anilines is 1. The Morgan fingerprint density at radius 1 is 1.20 bits per heavy atom. The number of hydrogen-bond acceptors (Lipinski definition) is 7. The van der Waals surface area contributed by atoms with Crippen molar-refractivity contribution < 1.29 is 4.79 Å². The molecule has 2 aromatic heterocycles. The lowest BCUT2D eigenvalue weighted by Crippen LogP contribution is -2.20. The molecule has 0 aliphatic heterocycles. The van der Waals surface area contributed by atoms with Gasteiger partial charge in [0.2, 0.25) is 0 Å². The van der Waals surface area contributed by atoms with E-state index in [4.69, 9.17) is 0 Å². The molecule has 154 valence electrons. The molecular weight excluding hydrogens is 398 g/mol. The van der Waals surface area contributed by atoms with Crippen LogP contribution in [-0.4, -0.2) is 37.6 Å². The van der Waals surface area contributed by atoms with Crippen LogP contribution in [0, 0.1) is 6.92 Å². The minimum atomic E-state index is -0.224. The van der Waals surface area contributed by atoms with E-state index in [1.807, 2.05) is 28.8 Å². The third-order valence-electron chi connectivity index (χ3n) is 4.05. The predicted octanol–water partition coefficient (Wildman–Crippen LogP) is 3.02. The van der Waals surface area contributed by atoms with Crippen molar-refractivity contribution >= 4 is 29.6 Å². The van der Waals surface area contributed by atoms with Crippen LogP contribution in [0.25, 0.3) is 0 Å². The number of aryl methyl sites for hydroxylation is 1. The SMILES string of the molecule is C=CCn1c(CNc2ccc(C)cc2)nnc1SCC(=O)N/N=C/c1ccncc1. The fourth-order valence-electron chi connectivity index (χ4n) is 2.51. The smallest absolute Gasteiger partial charge is 0.250 e. The first-order valence-electron chi connectivity index (χ1n) is 9.34. The van der Waals surface area contributed by atoms with E-state index >= 15 is 0 Å². The first-order chi connectivity index (χ1) is 14.7. The molecule has 1 amide bonds. The maximum atomic E-state index is 12.1. The number of thioether (sulfide) groups is 1. The standard InChI is InChI=1S/C21H23N7OS/c1-3-12-28-19(14-23-18-6-4-16(2)5-7-18)25-27-21(28)30-15-20(29)26-24-13-17-8-10-22-11-9-17/h3-11,13,23H,1,12,14-15H2,2H3,(H,26,29)/b24-13+. The lowest BCUT2D eigenvalue weighted by atomic mass is 10.2. The van der Waals surface area contributed by atoms with E-state index in [9.17, 15) is 4.79 Å². The average Bonchev–Trinajstić information content (AvgIpc) is 3.14. The number of carbonyl (C=O) groups is 1. The first kappa shape index (κ1) is 21.3. The molecule has 0 aliphatic rings. The first-order valence-corrected chi connectivity index (χ1v) is 10.3. The van der Waals surface area contributed by atoms with Gasteiger partial charge < -0.3 is 9.88 Å². The zero-order valence-electron chi connectivity index (χ0n) is 16.7. The second-order valence-electron chi connectivity index (χ2n) is 6.38. The molecule has 9 heteroatoms. The largest absolute Gasteiger partial charge is 0.378 e. The van der Waals surface area contributed by atoms with Crippen LogP contribution in [-0.2, 0) is 17.9 Å². The minimum Gasteiger partial charge on any atom is -0.378 e. The number of hydrazone groups is 1. The molecule has 0 saturated carbocycles. The van der Waals surface area contributed by atoms with Crippen LogP contribution in [0.15, 0.2) is 71.7 Å². The second kappa shape index (κ2) is 10.9. The lowest BCUT2D eigenvalue weighted by Gasteiger charge is -2.09. The van der Waals surface area contributed by atoms with Gasteiger partial charge in [0.25, 0.3) is 5.91 Å². The van der Waals surface area contributed by atoms with Gasteiger partial charge in [-0.2, -0.15) is 5.10 Å². The van der Waals surface area contributed by atoms with Crippen LogP contribution < -0.4 is 10.7 Å². The zero-order valence-corrected chi connectivity index (χ0v) is 17.5. The Hall–Kier alpha value is -3.46. The maximum Gasteiger partial charge on any atom is 0.250 e. The highest BCUT2D eigenvalue weighted by molar-refractivity contribution is 7.99. The summed E-state index contributed by atoms with van der Waals surface area (Å²) in [7, 11) is 0. The Kier molecular flexibility index (Phi) is 7.73. The van der Waals surface area contributed by atoms with Gasteiger partial charge in [0.05, 0.1) is 18.5 Å². The van der Waals surface area contributed by atoms with Gasteiger partial charge in [-0.1, -0.05) is 35.5 Å². The maximum absolute atomic E-state index is 12.1. The monoisotopic (exact) mass is 421 g/mol. The third-order valence-corrected chi connectivity index (χ3v) is 5.02. The van der Waals surface area contributed by atoms with Crippen LogP contribution >= 0.6 is 11.8 Å². The Bertz CT molecular complexity index is 1000. The van der Waals surface area contributed by atoms with Gasteiger partial charge in [0, 0.05) is 24.6 Å². The molecule has 8 nitrogen and oxygen atoms in total. The third kappa shape index (κ3) is 6.28. The van der Waals surface area contributed by atoms with Crippen LogP contribution in [0.3, 0.4) is 0 Å². The summed E-state index contributed by atoms with van der Waals surface area (Å²) in [5.41, 5.74) is 5.58. The summed E-state index contributed by atoms with van der Waals surface area (Å²) in [4.78, 5) is 16.0. The second-order valence-corrected chi connectivity index (χ2v) is 7.32. The quantitative estimate of drug-likeness (QED) is 0.226. The molecule has 0 spiro atoms. The molecule has 1 aromatic carbocycles. The summed E-state index contributed by atoms with van der Waals surface area (Å²) >= 11 is 1.30. The number of carbonyl (C=O) groups excluding carboxylic acids is 1. The highest BCUT2D eigenvalue weighted by atomic mass is 32.2. The molecule has 0 aliphatic carbocycles. The summed E-state index contributed by atoms with van der Waals surface area (Å²) in [6.07, 6.45) is 6.68. The fourth-order valence-corrected chi connectivity index (χ4v) is 3.27. The minimum absolute atomic E-state index is 0.175. The van der Waals surface area contributed by atoms with Crippen LogP contribution in [0.1, 0.15) is 17.0 Å². The van der Waals surface area contributed by atoms with Crippen molar-refractivity contribution in [1.82, 2.24) is 25.2 Å². The summed E-state index contributed by atoms with van der Waals surface area (Å²) in [6, 6.07) is 11.7. The van der Waals surface area contributed by atoms with Crippen molar-refractivity contribution in [2.45, 2.75) is 25.2 Å². The number of allylic oxidation sites excluding steroid dienone is 1. The van der Waals surface area contributed by atoms with Crippen LogP contribution in [0.2, 0.25) is 0 Å². The van der Waals surface area contributed by atoms with E-state index in [2.05, 4.69) is 44.5 Å². The average molecular weight is 422 g/mol. The summed E-state index contributed by atoms with van der Waals surface area (Å²) in [5.74, 6) is 0.723. The van der Waals surface area contributed by atoms with Crippen molar-refractivity contribution in [2.75, 3.05) is 11.1 Å². The van der Waals surface area contributed by atoms with Crippen molar-refractivity contribution in [2.24, 2.45) is 5.10 Å². The predicted molar refractivity (Wildman–Crippen MR) is 119 cm³/mol. The molecule has 30 heavy (non-hydrogen) atoms. The highest BCUT2D eigenvalue weighted by Crippen LogP contribution is 2.18. The van der Waals surface area contributed by atoms with Crippen molar-refractivity contribution in [1.29, 1.82) is 0 Å². The summed E-state index contributed by atoms with van der Waals surface area (Å²) in [6.45, 7) is 6.93. The van der Waals surface area contributed by atoms with Crippen LogP contribution in [0.4, 0.5) is 5.69 Å². The van der Waals surface area contributed by atoms with Gasteiger partial charge >= 0.3 is 0 Å². The van der Waals surface area contributed by atoms with Crippen LogP contribution in [0.5, 0.6) is 0 Å². The molecule has 2 N–H and O–H groups in total. The van der Waals surface area contributed by atoms with E-state index < -0.39 is 0 Å². The summed E-state index contributed by atoms with van der Waals surface area (Å²) < 4.78 is 1.94. The Morgan fingerprint density at radius 3 is 2.70 bits per heavy atom. The highest BCUT2D eigenvalue weighted by Gasteiger charge is 2.13. The van der Waals surface area contributed by atoms with E-state index in [0.29, 0.717) is 18.2 Å². The Balaban J connectivity index is 1.54. The van der Waals surface area contributed by atoms with E-state index in [-0.39, 0.29) is 11.7 Å². The molecule has 2 heterocycles. The van der Waals surface area contributed by atoms with Crippen molar-refractivity contribution in [3.8, 4) is 0 Å². The van der Waals surface area contributed by atoms with Gasteiger partial charge in [-0.3, -0.25) is 9.78 Å². The van der Waals surface area contributed by atoms with Gasteiger partial charge in [0.15, 0.2) is 11.0 Å². The van der Waals surface area contributed by atoms with E-state index in [0.717, 1.165) is 17.1 Å². The molecule has 0 fully saturated rings. The normalized spacial score (nSPS) is 10.8. The molecule has 0 saturated heterocycles. The molecule has 3 aromatic rings.